The number of thiophene rings is 1. The van der Waals surface area contributed by atoms with Crippen LogP contribution < -0.4 is 10.6 Å². The molecule has 0 bridgehead atoms. The molecule has 0 aliphatic heterocycles. The number of hydrogen-bond acceptors (Lipinski definition) is 3. The molecule has 2 N–H and O–H groups in total. The van der Waals surface area contributed by atoms with Crippen LogP contribution in [0.5, 0.6) is 0 Å². The SMILES string of the molecule is CN=C(NCc1cccc(COC(C)(C)C)c1)NCc1ccc(C)s1. The second kappa shape index (κ2) is 9.02. The van der Waals surface area contributed by atoms with Gasteiger partial charge in [-0.05, 0) is 51.0 Å². The highest BCUT2D eigenvalue weighted by molar-refractivity contribution is 7.11. The van der Waals surface area contributed by atoms with E-state index in [1.807, 2.05) is 0 Å². The normalized spacial score (nSPS) is 12.3. The van der Waals surface area contributed by atoms with Gasteiger partial charge in [0.2, 0.25) is 0 Å². The summed E-state index contributed by atoms with van der Waals surface area (Å²) in [7, 11) is 1.79. The van der Waals surface area contributed by atoms with Gasteiger partial charge in [0.15, 0.2) is 5.96 Å². The Hall–Kier alpha value is -1.85. The number of rotatable bonds is 6. The van der Waals surface area contributed by atoms with E-state index in [-0.39, 0.29) is 5.60 Å². The number of nitrogens with zero attached hydrogens (tertiary/aromatic N) is 1. The van der Waals surface area contributed by atoms with Crippen LogP contribution in [-0.2, 0) is 24.4 Å². The van der Waals surface area contributed by atoms with Crippen LogP contribution >= 0.6 is 11.3 Å². The molecule has 2 aromatic rings. The van der Waals surface area contributed by atoms with Crippen LogP contribution in [0.25, 0.3) is 0 Å². The molecule has 1 aromatic carbocycles. The van der Waals surface area contributed by atoms with Gasteiger partial charge in [-0.25, -0.2) is 0 Å². The summed E-state index contributed by atoms with van der Waals surface area (Å²) in [4.78, 5) is 6.93. The number of guanidine groups is 1. The summed E-state index contributed by atoms with van der Waals surface area (Å²) >= 11 is 1.80. The second-order valence-electron chi connectivity index (χ2n) is 7.01. The van der Waals surface area contributed by atoms with Gasteiger partial charge in [-0.2, -0.15) is 0 Å². The van der Waals surface area contributed by atoms with Gasteiger partial charge in [0.05, 0.1) is 18.8 Å². The van der Waals surface area contributed by atoms with E-state index in [1.54, 1.807) is 18.4 Å². The molecule has 136 valence electrons. The van der Waals surface area contributed by atoms with Crippen molar-refractivity contribution in [1.29, 1.82) is 0 Å². The van der Waals surface area contributed by atoms with E-state index in [1.165, 1.54) is 20.9 Å². The van der Waals surface area contributed by atoms with E-state index >= 15 is 0 Å². The summed E-state index contributed by atoms with van der Waals surface area (Å²) in [5.41, 5.74) is 2.27. The topological polar surface area (TPSA) is 45.7 Å². The highest BCUT2D eigenvalue weighted by Gasteiger charge is 2.10. The van der Waals surface area contributed by atoms with Crippen molar-refractivity contribution in [3.63, 3.8) is 0 Å². The molecule has 2 rings (SSSR count). The van der Waals surface area contributed by atoms with Gasteiger partial charge in [0, 0.05) is 23.3 Å². The van der Waals surface area contributed by atoms with Crippen molar-refractivity contribution in [2.75, 3.05) is 7.05 Å². The Morgan fingerprint density at radius 3 is 2.44 bits per heavy atom. The molecule has 5 heteroatoms. The molecule has 0 radical (unpaired) electrons. The number of aryl methyl sites for hydroxylation is 1. The van der Waals surface area contributed by atoms with Gasteiger partial charge in [0.1, 0.15) is 0 Å². The standard InChI is InChI=1S/C20H29N3OS/c1-15-9-10-18(25-15)13-23-19(21-5)22-12-16-7-6-8-17(11-16)14-24-20(2,3)4/h6-11H,12-14H2,1-5H3,(H2,21,22,23). The van der Waals surface area contributed by atoms with Crippen molar-refractivity contribution >= 4 is 17.3 Å². The summed E-state index contributed by atoms with van der Waals surface area (Å²) in [6.45, 7) is 10.5. The Morgan fingerprint density at radius 2 is 1.80 bits per heavy atom. The van der Waals surface area contributed by atoms with E-state index in [9.17, 15) is 0 Å². The zero-order valence-electron chi connectivity index (χ0n) is 15.8. The molecule has 0 aliphatic rings. The lowest BCUT2D eigenvalue weighted by molar-refractivity contribution is -0.0149. The monoisotopic (exact) mass is 359 g/mol. The van der Waals surface area contributed by atoms with Crippen LogP contribution in [0.15, 0.2) is 41.4 Å². The van der Waals surface area contributed by atoms with Gasteiger partial charge in [-0.15, -0.1) is 11.3 Å². The van der Waals surface area contributed by atoms with Crippen molar-refractivity contribution < 1.29 is 4.74 Å². The van der Waals surface area contributed by atoms with E-state index in [0.29, 0.717) is 6.61 Å². The molecule has 1 aromatic heterocycles. The fourth-order valence-corrected chi connectivity index (χ4v) is 3.12. The molecular weight excluding hydrogens is 330 g/mol. The summed E-state index contributed by atoms with van der Waals surface area (Å²) in [6.07, 6.45) is 0. The Labute approximate surface area is 155 Å². The van der Waals surface area contributed by atoms with E-state index in [0.717, 1.165) is 19.0 Å². The smallest absolute Gasteiger partial charge is 0.191 e. The van der Waals surface area contributed by atoms with Crippen molar-refractivity contribution in [3.05, 3.63) is 57.3 Å². The first-order valence-corrected chi connectivity index (χ1v) is 9.39. The van der Waals surface area contributed by atoms with Crippen molar-refractivity contribution in [2.45, 2.75) is 53.0 Å². The third kappa shape index (κ3) is 7.28. The molecule has 0 unspecified atom stereocenters. The fraction of sp³-hybridized carbons (Fsp3) is 0.450. The maximum Gasteiger partial charge on any atom is 0.191 e. The summed E-state index contributed by atoms with van der Waals surface area (Å²) in [5, 5.41) is 6.72. The Morgan fingerprint density at radius 1 is 1.08 bits per heavy atom. The van der Waals surface area contributed by atoms with Gasteiger partial charge in [-0.1, -0.05) is 24.3 Å². The molecule has 1 heterocycles. The number of hydrogen-bond donors (Lipinski definition) is 2. The Kier molecular flexibility index (Phi) is 7.02. The number of aliphatic imine (C=N–C) groups is 1. The average molecular weight is 360 g/mol. The van der Waals surface area contributed by atoms with Crippen LogP contribution in [0.2, 0.25) is 0 Å². The lowest BCUT2D eigenvalue weighted by Crippen LogP contribution is -2.36. The second-order valence-corrected chi connectivity index (χ2v) is 8.39. The summed E-state index contributed by atoms with van der Waals surface area (Å²) in [6, 6.07) is 12.8. The lowest BCUT2D eigenvalue weighted by atomic mass is 10.1. The van der Waals surface area contributed by atoms with Crippen molar-refractivity contribution in [2.24, 2.45) is 4.99 Å². The third-order valence-electron chi connectivity index (χ3n) is 3.57. The van der Waals surface area contributed by atoms with Gasteiger partial charge in [0.25, 0.3) is 0 Å². The molecule has 0 atom stereocenters. The first-order chi connectivity index (χ1) is 11.9. The summed E-state index contributed by atoms with van der Waals surface area (Å²) in [5.74, 6) is 0.808. The Balaban J connectivity index is 1.84. The number of ether oxygens (including phenoxy) is 1. The van der Waals surface area contributed by atoms with Crippen molar-refractivity contribution in [3.8, 4) is 0 Å². The predicted octanol–water partition coefficient (Wildman–Crippen LogP) is 4.24. The van der Waals surface area contributed by atoms with Crippen LogP contribution in [-0.4, -0.2) is 18.6 Å². The maximum atomic E-state index is 5.85. The largest absolute Gasteiger partial charge is 0.371 e. The Bertz CT molecular complexity index is 701. The van der Waals surface area contributed by atoms with E-state index in [2.05, 4.69) is 79.7 Å². The lowest BCUT2D eigenvalue weighted by Gasteiger charge is -2.19. The highest BCUT2D eigenvalue weighted by Crippen LogP contribution is 2.15. The van der Waals surface area contributed by atoms with Gasteiger partial charge in [-0.3, -0.25) is 4.99 Å². The highest BCUT2D eigenvalue weighted by atomic mass is 32.1. The minimum Gasteiger partial charge on any atom is -0.371 e. The molecular formula is C20H29N3OS. The third-order valence-corrected chi connectivity index (χ3v) is 4.57. The van der Waals surface area contributed by atoms with Crippen LogP contribution in [0.3, 0.4) is 0 Å². The van der Waals surface area contributed by atoms with E-state index in [4.69, 9.17) is 4.74 Å². The maximum absolute atomic E-state index is 5.85. The van der Waals surface area contributed by atoms with Crippen LogP contribution in [0.1, 0.15) is 41.7 Å². The van der Waals surface area contributed by atoms with Crippen LogP contribution in [0, 0.1) is 6.92 Å². The molecule has 0 saturated carbocycles. The zero-order chi connectivity index (χ0) is 18.3. The molecule has 4 nitrogen and oxygen atoms in total. The minimum absolute atomic E-state index is 0.125. The predicted molar refractivity (Wildman–Crippen MR) is 107 cm³/mol. The zero-order valence-corrected chi connectivity index (χ0v) is 16.7. The number of benzene rings is 1. The van der Waals surface area contributed by atoms with E-state index < -0.39 is 0 Å². The first-order valence-electron chi connectivity index (χ1n) is 8.57. The van der Waals surface area contributed by atoms with Crippen molar-refractivity contribution in [1.82, 2.24) is 10.6 Å². The molecule has 0 amide bonds. The first kappa shape index (κ1) is 19.5. The molecule has 0 saturated heterocycles. The average Bonchev–Trinajstić information content (AvgIpc) is 2.98. The van der Waals surface area contributed by atoms with Gasteiger partial charge >= 0.3 is 0 Å². The van der Waals surface area contributed by atoms with Gasteiger partial charge < -0.3 is 15.4 Å². The molecule has 25 heavy (non-hydrogen) atoms. The fourth-order valence-electron chi connectivity index (χ4n) is 2.29. The molecule has 0 fully saturated rings. The molecule has 0 aliphatic carbocycles. The molecule has 0 spiro atoms. The minimum atomic E-state index is -0.125. The number of nitrogens with one attached hydrogen (secondary N) is 2. The van der Waals surface area contributed by atoms with Crippen LogP contribution in [0.4, 0.5) is 0 Å². The quantitative estimate of drug-likeness (QED) is 0.599. The summed E-state index contributed by atoms with van der Waals surface area (Å²) < 4.78 is 5.85.